The van der Waals surface area contributed by atoms with Gasteiger partial charge in [-0.1, -0.05) is 30.3 Å². The van der Waals surface area contributed by atoms with Crippen LogP contribution in [-0.4, -0.2) is 54.3 Å². The molecular formula is C23H27N5OS. The molecule has 6 nitrogen and oxygen atoms in total. The molecule has 0 spiro atoms. The Kier molecular flexibility index (Phi) is 5.92. The number of thiophene rings is 1. The van der Waals surface area contributed by atoms with Crippen LogP contribution in [0.1, 0.15) is 22.0 Å². The molecule has 0 aliphatic carbocycles. The van der Waals surface area contributed by atoms with Gasteiger partial charge in [0, 0.05) is 43.7 Å². The van der Waals surface area contributed by atoms with E-state index in [0.29, 0.717) is 6.04 Å². The molecule has 0 bridgehead atoms. The van der Waals surface area contributed by atoms with Crippen molar-refractivity contribution < 1.29 is 4.74 Å². The molecule has 2 aromatic heterocycles. The molecule has 2 aliphatic heterocycles. The van der Waals surface area contributed by atoms with Gasteiger partial charge < -0.3 is 15.0 Å². The maximum absolute atomic E-state index is 5.46. The van der Waals surface area contributed by atoms with E-state index < -0.39 is 0 Å². The van der Waals surface area contributed by atoms with E-state index in [4.69, 9.17) is 4.74 Å². The summed E-state index contributed by atoms with van der Waals surface area (Å²) in [4.78, 5) is 15.3. The summed E-state index contributed by atoms with van der Waals surface area (Å²) in [6.45, 7) is 6.15. The largest absolute Gasteiger partial charge is 0.378 e. The number of hydrogen-bond acceptors (Lipinski definition) is 7. The second-order valence-corrected chi connectivity index (χ2v) is 8.76. The monoisotopic (exact) mass is 421 g/mol. The summed E-state index contributed by atoms with van der Waals surface area (Å²) in [5.41, 5.74) is 2.81. The minimum absolute atomic E-state index is 0.293. The number of ether oxygens (including phenoxy) is 1. The summed E-state index contributed by atoms with van der Waals surface area (Å²) >= 11 is 1.89. The number of hydrogen-bond donors (Lipinski definition) is 1. The maximum atomic E-state index is 5.46. The highest BCUT2D eigenvalue weighted by molar-refractivity contribution is 7.10. The molecular weight excluding hydrogens is 394 g/mol. The average molecular weight is 422 g/mol. The molecule has 4 heterocycles. The van der Waals surface area contributed by atoms with Crippen LogP contribution in [0.5, 0.6) is 0 Å². The Morgan fingerprint density at radius 2 is 1.93 bits per heavy atom. The number of fused-ring (bicyclic) bond motifs is 1. The van der Waals surface area contributed by atoms with Gasteiger partial charge >= 0.3 is 0 Å². The summed E-state index contributed by atoms with van der Waals surface area (Å²) in [5.74, 6) is 1.84. The number of morpholine rings is 1. The van der Waals surface area contributed by atoms with Gasteiger partial charge in [-0.3, -0.25) is 4.90 Å². The molecule has 0 saturated carbocycles. The number of nitrogens with one attached hydrogen (secondary N) is 1. The van der Waals surface area contributed by atoms with E-state index in [0.717, 1.165) is 64.0 Å². The first-order valence-electron chi connectivity index (χ1n) is 10.6. The van der Waals surface area contributed by atoms with Gasteiger partial charge in [0.05, 0.1) is 19.3 Å². The van der Waals surface area contributed by atoms with Crippen molar-refractivity contribution in [3.05, 3.63) is 70.2 Å². The molecule has 30 heavy (non-hydrogen) atoms. The second-order valence-electron chi connectivity index (χ2n) is 7.76. The second kappa shape index (κ2) is 9.12. The molecule has 1 atom stereocenters. The summed E-state index contributed by atoms with van der Waals surface area (Å²) in [5, 5.41) is 5.81. The predicted octanol–water partition coefficient (Wildman–Crippen LogP) is 3.59. The lowest BCUT2D eigenvalue weighted by Gasteiger charge is -2.35. The van der Waals surface area contributed by atoms with E-state index in [-0.39, 0.29) is 0 Å². The zero-order valence-corrected chi connectivity index (χ0v) is 17.9. The average Bonchev–Trinajstić information content (AvgIpc) is 3.29. The van der Waals surface area contributed by atoms with Crippen molar-refractivity contribution in [2.24, 2.45) is 0 Å². The predicted molar refractivity (Wildman–Crippen MR) is 121 cm³/mol. The normalized spacial score (nSPS) is 18.1. The minimum atomic E-state index is 0.293. The Hall–Kier alpha value is -2.48. The SMILES string of the molecule is c1ccc(C(CNc2cc(N3CCOCC3)ncn2)N2CCc3sccc3C2)cc1. The Morgan fingerprint density at radius 3 is 2.80 bits per heavy atom. The van der Waals surface area contributed by atoms with Gasteiger partial charge in [-0.05, 0) is 29.0 Å². The number of anilines is 2. The maximum Gasteiger partial charge on any atom is 0.134 e. The molecule has 1 aromatic carbocycles. The van der Waals surface area contributed by atoms with Crippen LogP contribution in [0.15, 0.2) is 54.2 Å². The summed E-state index contributed by atoms with van der Waals surface area (Å²) in [6.07, 6.45) is 2.79. The molecule has 1 saturated heterocycles. The van der Waals surface area contributed by atoms with Crippen molar-refractivity contribution >= 4 is 23.0 Å². The van der Waals surface area contributed by atoms with Crippen LogP contribution in [0.2, 0.25) is 0 Å². The van der Waals surface area contributed by atoms with Gasteiger partial charge in [0.25, 0.3) is 0 Å². The topological polar surface area (TPSA) is 53.5 Å². The summed E-state index contributed by atoms with van der Waals surface area (Å²) in [6, 6.07) is 15.4. The highest BCUT2D eigenvalue weighted by Crippen LogP contribution is 2.30. The third-order valence-electron chi connectivity index (χ3n) is 5.93. The van der Waals surface area contributed by atoms with Crippen LogP contribution in [0.3, 0.4) is 0 Å². The van der Waals surface area contributed by atoms with Crippen LogP contribution < -0.4 is 10.2 Å². The van der Waals surface area contributed by atoms with Gasteiger partial charge in [0.2, 0.25) is 0 Å². The number of nitrogens with zero attached hydrogens (tertiary/aromatic N) is 4. The first-order chi connectivity index (χ1) is 14.9. The van der Waals surface area contributed by atoms with Gasteiger partial charge in [-0.25, -0.2) is 9.97 Å². The fourth-order valence-electron chi connectivity index (χ4n) is 4.28. The molecule has 0 radical (unpaired) electrons. The first-order valence-corrected chi connectivity index (χ1v) is 11.5. The van der Waals surface area contributed by atoms with Crippen molar-refractivity contribution in [2.45, 2.75) is 19.0 Å². The molecule has 0 amide bonds. The molecule has 5 rings (SSSR count). The van der Waals surface area contributed by atoms with Crippen molar-refractivity contribution in [3.8, 4) is 0 Å². The van der Waals surface area contributed by atoms with Crippen LogP contribution in [-0.2, 0) is 17.7 Å². The van der Waals surface area contributed by atoms with Crippen LogP contribution in [0.25, 0.3) is 0 Å². The Morgan fingerprint density at radius 1 is 1.07 bits per heavy atom. The molecule has 3 aromatic rings. The zero-order valence-electron chi connectivity index (χ0n) is 17.0. The third-order valence-corrected chi connectivity index (χ3v) is 6.95. The third kappa shape index (κ3) is 4.33. The fourth-order valence-corrected chi connectivity index (χ4v) is 5.17. The van der Waals surface area contributed by atoms with Gasteiger partial charge in [0.15, 0.2) is 0 Å². The summed E-state index contributed by atoms with van der Waals surface area (Å²) in [7, 11) is 0. The standard InChI is InChI=1S/C23H27N5OS/c1-2-4-18(5-3-1)20(28-8-6-21-19(16-28)7-13-30-21)15-24-22-14-23(26-17-25-22)27-9-11-29-12-10-27/h1-5,7,13-14,17,20H,6,8-12,15-16H2,(H,24,25,26). The van der Waals surface area contributed by atoms with E-state index in [9.17, 15) is 0 Å². The Bertz CT molecular complexity index is 957. The van der Waals surface area contributed by atoms with Crippen LogP contribution in [0, 0.1) is 0 Å². The van der Waals surface area contributed by atoms with E-state index >= 15 is 0 Å². The number of rotatable bonds is 6. The molecule has 1 unspecified atom stereocenters. The minimum Gasteiger partial charge on any atom is -0.378 e. The van der Waals surface area contributed by atoms with E-state index in [1.54, 1.807) is 6.33 Å². The molecule has 1 N–H and O–H groups in total. The Labute approximate surface area is 181 Å². The van der Waals surface area contributed by atoms with Crippen molar-refractivity contribution in [1.82, 2.24) is 14.9 Å². The molecule has 2 aliphatic rings. The smallest absolute Gasteiger partial charge is 0.134 e. The van der Waals surface area contributed by atoms with Crippen molar-refractivity contribution in [2.75, 3.05) is 49.6 Å². The van der Waals surface area contributed by atoms with Crippen molar-refractivity contribution in [1.29, 1.82) is 0 Å². The van der Waals surface area contributed by atoms with E-state index in [1.165, 1.54) is 16.0 Å². The van der Waals surface area contributed by atoms with Crippen molar-refractivity contribution in [3.63, 3.8) is 0 Å². The zero-order chi connectivity index (χ0) is 20.2. The molecule has 156 valence electrons. The molecule has 1 fully saturated rings. The lowest BCUT2D eigenvalue weighted by molar-refractivity contribution is 0.122. The van der Waals surface area contributed by atoms with E-state index in [1.807, 2.05) is 11.3 Å². The van der Waals surface area contributed by atoms with Gasteiger partial charge in [-0.15, -0.1) is 11.3 Å². The first kappa shape index (κ1) is 19.5. The lowest BCUT2D eigenvalue weighted by Crippen LogP contribution is -2.37. The fraction of sp³-hybridized carbons (Fsp3) is 0.391. The number of aromatic nitrogens is 2. The van der Waals surface area contributed by atoms with Gasteiger partial charge in [0.1, 0.15) is 18.0 Å². The lowest BCUT2D eigenvalue weighted by atomic mass is 10.0. The van der Waals surface area contributed by atoms with Crippen LogP contribution in [0.4, 0.5) is 11.6 Å². The highest BCUT2D eigenvalue weighted by atomic mass is 32.1. The van der Waals surface area contributed by atoms with E-state index in [2.05, 4.69) is 72.9 Å². The summed E-state index contributed by atoms with van der Waals surface area (Å²) < 4.78 is 5.46. The highest BCUT2D eigenvalue weighted by Gasteiger charge is 2.25. The quantitative estimate of drug-likeness (QED) is 0.657. The van der Waals surface area contributed by atoms with Gasteiger partial charge in [-0.2, -0.15) is 0 Å². The molecule has 7 heteroatoms. The Balaban J connectivity index is 1.32. The number of benzene rings is 1. The van der Waals surface area contributed by atoms with Crippen LogP contribution >= 0.6 is 11.3 Å².